The lowest BCUT2D eigenvalue weighted by atomic mass is 9.96. The van der Waals surface area contributed by atoms with Gasteiger partial charge in [0, 0.05) is 13.0 Å². The maximum absolute atomic E-state index is 12.9. The van der Waals surface area contributed by atoms with Crippen LogP contribution in [0, 0.1) is 11.8 Å². The van der Waals surface area contributed by atoms with Crippen molar-refractivity contribution in [3.8, 4) is 0 Å². The first-order valence-corrected chi connectivity index (χ1v) is 11.9. The first-order valence-electron chi connectivity index (χ1n) is 11.9. The number of aliphatic hydroxyl groups is 1. The normalized spacial score (nSPS) is 12.8. The monoisotopic (exact) mass is 488 g/mol. The third kappa shape index (κ3) is 12.9. The van der Waals surface area contributed by atoms with Crippen molar-refractivity contribution in [2.24, 2.45) is 11.8 Å². The van der Waals surface area contributed by atoms with E-state index in [2.05, 4.69) is 23.8 Å². The number of hydrogen-bond acceptors (Lipinski definition) is 6. The summed E-state index contributed by atoms with van der Waals surface area (Å²) in [5.41, 5.74) is 0.209. The standard InChI is InChI=1S/C27H40N2O6/c1-5-10-22(19-24(31)28-14-16-34-17-15-30)25(32)29-27(3,4)20-35-26(33)23(11-6-2)18-21-12-8-7-9-13-21/h5-9,12-13,22-23,30H,1-2,10-11,14-20H2,3-4H3,(H,28,31)(H,29,32)/t22-,23+/m0/s1. The second kappa shape index (κ2) is 16.6. The van der Waals surface area contributed by atoms with E-state index in [1.165, 1.54) is 0 Å². The molecular weight excluding hydrogens is 448 g/mol. The van der Waals surface area contributed by atoms with Gasteiger partial charge in [-0.2, -0.15) is 0 Å². The number of nitrogens with one attached hydrogen (secondary N) is 2. The Bertz CT molecular complexity index is 809. The van der Waals surface area contributed by atoms with Crippen molar-refractivity contribution in [1.29, 1.82) is 0 Å². The summed E-state index contributed by atoms with van der Waals surface area (Å²) in [7, 11) is 0. The number of carbonyl (C=O) groups is 3. The first-order chi connectivity index (χ1) is 16.7. The first kappa shape index (κ1) is 30.1. The Morgan fingerprint density at radius 3 is 2.34 bits per heavy atom. The van der Waals surface area contributed by atoms with Gasteiger partial charge in [0.15, 0.2) is 0 Å². The fraction of sp³-hybridized carbons (Fsp3) is 0.519. The van der Waals surface area contributed by atoms with Gasteiger partial charge in [0.1, 0.15) is 6.61 Å². The highest BCUT2D eigenvalue weighted by molar-refractivity contribution is 5.86. The van der Waals surface area contributed by atoms with Gasteiger partial charge in [-0.25, -0.2) is 0 Å². The number of aliphatic hydroxyl groups excluding tert-OH is 1. The Labute approximate surface area is 208 Å². The summed E-state index contributed by atoms with van der Waals surface area (Å²) in [5.74, 6) is -1.91. The van der Waals surface area contributed by atoms with E-state index < -0.39 is 11.5 Å². The van der Waals surface area contributed by atoms with Crippen molar-refractivity contribution in [2.45, 2.75) is 45.1 Å². The Kier molecular flexibility index (Phi) is 14.3. The van der Waals surface area contributed by atoms with Gasteiger partial charge in [0.2, 0.25) is 11.8 Å². The molecule has 0 fully saturated rings. The molecular formula is C27H40N2O6. The molecule has 0 bridgehead atoms. The second-order valence-corrected chi connectivity index (χ2v) is 9.00. The molecule has 8 nitrogen and oxygen atoms in total. The minimum absolute atomic E-state index is 0.00475. The molecule has 0 heterocycles. The zero-order valence-corrected chi connectivity index (χ0v) is 21.0. The quantitative estimate of drug-likeness (QED) is 0.166. The molecule has 35 heavy (non-hydrogen) atoms. The SMILES string of the molecule is C=CC[C@@H](CC(=O)NCCOCCO)C(=O)NC(C)(C)COC(=O)[C@H](CC=C)Cc1ccccc1. The molecule has 1 aromatic carbocycles. The van der Waals surface area contributed by atoms with Crippen LogP contribution in [0.4, 0.5) is 0 Å². The molecule has 3 N–H and O–H groups in total. The second-order valence-electron chi connectivity index (χ2n) is 9.00. The minimum Gasteiger partial charge on any atom is -0.463 e. The predicted molar refractivity (Wildman–Crippen MR) is 135 cm³/mol. The lowest BCUT2D eigenvalue weighted by Crippen LogP contribution is -2.50. The fourth-order valence-corrected chi connectivity index (χ4v) is 3.41. The molecule has 0 aliphatic rings. The Morgan fingerprint density at radius 1 is 1.06 bits per heavy atom. The van der Waals surface area contributed by atoms with Gasteiger partial charge in [0.05, 0.1) is 37.2 Å². The van der Waals surface area contributed by atoms with Crippen LogP contribution in [0.5, 0.6) is 0 Å². The molecule has 0 saturated heterocycles. The van der Waals surface area contributed by atoms with Crippen LogP contribution in [0.3, 0.4) is 0 Å². The van der Waals surface area contributed by atoms with Crippen molar-refractivity contribution in [1.82, 2.24) is 10.6 Å². The topological polar surface area (TPSA) is 114 Å². The smallest absolute Gasteiger partial charge is 0.309 e. The van der Waals surface area contributed by atoms with Crippen molar-refractivity contribution < 1.29 is 29.0 Å². The van der Waals surface area contributed by atoms with Gasteiger partial charge in [-0.3, -0.25) is 14.4 Å². The number of allylic oxidation sites excluding steroid dienone is 2. The summed E-state index contributed by atoms with van der Waals surface area (Å²) in [6.07, 6.45) is 4.65. The summed E-state index contributed by atoms with van der Waals surface area (Å²) in [5, 5.41) is 14.3. The van der Waals surface area contributed by atoms with Crippen LogP contribution in [0.1, 0.15) is 38.7 Å². The number of hydrogen-bond donors (Lipinski definition) is 3. The molecule has 0 aliphatic carbocycles. The van der Waals surface area contributed by atoms with E-state index in [0.717, 1.165) is 5.56 Å². The van der Waals surface area contributed by atoms with Gasteiger partial charge < -0.3 is 25.2 Å². The van der Waals surface area contributed by atoms with Crippen molar-refractivity contribution in [2.75, 3.05) is 33.0 Å². The van der Waals surface area contributed by atoms with Gasteiger partial charge in [-0.15, -0.1) is 13.2 Å². The minimum atomic E-state index is -0.827. The maximum Gasteiger partial charge on any atom is 0.309 e. The number of carbonyl (C=O) groups excluding carboxylic acids is 3. The molecule has 0 aromatic heterocycles. The predicted octanol–water partition coefficient (Wildman–Crippen LogP) is 2.57. The van der Waals surface area contributed by atoms with Crippen LogP contribution in [0.25, 0.3) is 0 Å². The molecule has 2 amide bonds. The highest BCUT2D eigenvalue weighted by Gasteiger charge is 2.29. The maximum atomic E-state index is 12.9. The molecule has 0 unspecified atom stereocenters. The Morgan fingerprint density at radius 2 is 1.71 bits per heavy atom. The number of rotatable bonds is 18. The highest BCUT2D eigenvalue weighted by atomic mass is 16.5. The number of benzene rings is 1. The van der Waals surface area contributed by atoms with Gasteiger partial charge in [-0.1, -0.05) is 42.5 Å². The molecule has 0 saturated carbocycles. The average molecular weight is 489 g/mol. The number of amides is 2. The van der Waals surface area contributed by atoms with E-state index in [9.17, 15) is 14.4 Å². The molecule has 8 heteroatoms. The Balaban J connectivity index is 2.60. The molecule has 0 radical (unpaired) electrons. The number of ether oxygens (including phenoxy) is 2. The van der Waals surface area contributed by atoms with E-state index in [1.54, 1.807) is 26.0 Å². The zero-order valence-electron chi connectivity index (χ0n) is 21.0. The molecule has 1 aromatic rings. The molecule has 0 spiro atoms. The van der Waals surface area contributed by atoms with Crippen molar-refractivity contribution in [3.05, 3.63) is 61.2 Å². The summed E-state index contributed by atoms with van der Waals surface area (Å²) in [6.45, 7) is 11.6. The molecule has 0 aliphatic heterocycles. The zero-order chi connectivity index (χ0) is 26.1. The largest absolute Gasteiger partial charge is 0.463 e. The molecule has 2 atom stereocenters. The number of esters is 1. The summed E-state index contributed by atoms with van der Waals surface area (Å²) >= 11 is 0. The average Bonchev–Trinajstić information content (AvgIpc) is 2.82. The van der Waals surface area contributed by atoms with Crippen LogP contribution < -0.4 is 10.6 Å². The van der Waals surface area contributed by atoms with Crippen LogP contribution in [0.15, 0.2) is 55.6 Å². The van der Waals surface area contributed by atoms with Crippen LogP contribution >= 0.6 is 0 Å². The summed E-state index contributed by atoms with van der Waals surface area (Å²) in [4.78, 5) is 37.8. The van der Waals surface area contributed by atoms with Gasteiger partial charge in [0.25, 0.3) is 0 Å². The lowest BCUT2D eigenvalue weighted by molar-refractivity contribution is -0.151. The van der Waals surface area contributed by atoms with Crippen molar-refractivity contribution >= 4 is 17.8 Å². The summed E-state index contributed by atoms with van der Waals surface area (Å²) < 4.78 is 10.7. The fourth-order valence-electron chi connectivity index (χ4n) is 3.41. The van der Waals surface area contributed by atoms with E-state index in [0.29, 0.717) is 19.3 Å². The van der Waals surface area contributed by atoms with Gasteiger partial charge >= 0.3 is 5.97 Å². The Hall–Kier alpha value is -2.97. The van der Waals surface area contributed by atoms with E-state index in [-0.39, 0.29) is 63.1 Å². The van der Waals surface area contributed by atoms with Crippen molar-refractivity contribution in [3.63, 3.8) is 0 Å². The third-order valence-corrected chi connectivity index (χ3v) is 5.20. The van der Waals surface area contributed by atoms with Crippen LogP contribution in [0.2, 0.25) is 0 Å². The molecule has 194 valence electrons. The highest BCUT2D eigenvalue weighted by Crippen LogP contribution is 2.17. The van der Waals surface area contributed by atoms with Crippen LogP contribution in [-0.2, 0) is 30.3 Å². The molecule has 1 rings (SSSR count). The van der Waals surface area contributed by atoms with E-state index >= 15 is 0 Å². The summed E-state index contributed by atoms with van der Waals surface area (Å²) in [6, 6.07) is 9.70. The van der Waals surface area contributed by atoms with Crippen LogP contribution in [-0.4, -0.2) is 61.4 Å². The van der Waals surface area contributed by atoms with Gasteiger partial charge in [-0.05, 0) is 38.7 Å². The van der Waals surface area contributed by atoms with E-state index in [4.69, 9.17) is 14.6 Å². The lowest BCUT2D eigenvalue weighted by Gasteiger charge is -2.29. The third-order valence-electron chi connectivity index (χ3n) is 5.20. The van der Waals surface area contributed by atoms with E-state index in [1.807, 2.05) is 30.3 Å².